The number of halogens is 2. The van der Waals surface area contributed by atoms with Gasteiger partial charge in [-0.05, 0) is 36.3 Å². The summed E-state index contributed by atoms with van der Waals surface area (Å²) in [6.45, 7) is 11.9. The first-order valence-corrected chi connectivity index (χ1v) is 20.9. The molecule has 0 unspecified atom stereocenters. The average molecular weight is 856 g/mol. The lowest BCUT2D eigenvalue weighted by molar-refractivity contribution is -0.117. The lowest BCUT2D eigenvalue weighted by Gasteiger charge is -2.31. The van der Waals surface area contributed by atoms with Crippen LogP contribution in [0.2, 0.25) is 0 Å². The fourth-order valence-corrected chi connectivity index (χ4v) is 7.88. The second-order valence-electron chi connectivity index (χ2n) is 15.5. The minimum Gasteiger partial charge on any atom is -0.511 e. The molecule has 2 amide bonds. The van der Waals surface area contributed by atoms with Gasteiger partial charge in [0.2, 0.25) is 0 Å². The van der Waals surface area contributed by atoms with Crippen LogP contribution in [0.4, 0.5) is 9.59 Å². The highest BCUT2D eigenvalue weighted by Crippen LogP contribution is 2.44. The highest BCUT2D eigenvalue weighted by molar-refractivity contribution is 7.15. The van der Waals surface area contributed by atoms with E-state index in [0.717, 1.165) is 30.9 Å². The number of hydrogen-bond acceptors (Lipinski definition) is 10. The topological polar surface area (TPSA) is 130 Å². The first-order chi connectivity index (χ1) is 26.7. The predicted octanol–water partition coefficient (Wildman–Crippen LogP) is 11.5. The van der Waals surface area contributed by atoms with E-state index in [-0.39, 0.29) is 28.2 Å². The van der Waals surface area contributed by atoms with Crippen LogP contribution >= 0.6 is 45.9 Å². The number of aromatic nitrogens is 2. The maximum atomic E-state index is 13.0. The van der Waals surface area contributed by atoms with Gasteiger partial charge in [0, 0.05) is 81.1 Å². The second kappa shape index (κ2) is 20.4. The lowest BCUT2D eigenvalue weighted by atomic mass is 9.76. The summed E-state index contributed by atoms with van der Waals surface area (Å²) in [5, 5.41) is 11.7. The van der Waals surface area contributed by atoms with Crippen molar-refractivity contribution in [2.75, 3.05) is 34.6 Å². The Morgan fingerprint density at radius 3 is 1.46 bits per heavy atom. The Hall–Kier alpha value is -4.36. The van der Waals surface area contributed by atoms with Crippen LogP contribution in [0.15, 0.2) is 72.2 Å². The Morgan fingerprint density at radius 2 is 1.07 bits per heavy atom. The molecule has 14 heteroatoms. The van der Waals surface area contributed by atoms with Gasteiger partial charge in [-0.25, -0.2) is 14.8 Å². The quantitative estimate of drug-likeness (QED) is 0.119. The van der Waals surface area contributed by atoms with E-state index in [0.29, 0.717) is 54.0 Å². The number of Topliss-reactive ketones (excluding diaryl/α,β-unsaturated/α-hetero) is 2. The number of nitrogens with zero attached hydrogens (tertiary/aromatic N) is 4. The second-order valence-corrected chi connectivity index (χ2v) is 18.2. The fourth-order valence-electron chi connectivity index (χ4n) is 6.03. The van der Waals surface area contributed by atoms with Crippen molar-refractivity contribution >= 4 is 80.0 Å². The van der Waals surface area contributed by atoms with E-state index in [2.05, 4.69) is 16.6 Å². The summed E-state index contributed by atoms with van der Waals surface area (Å²) < 4.78 is 5.61. The van der Waals surface area contributed by atoms with Crippen molar-refractivity contribution in [3.63, 3.8) is 0 Å². The van der Waals surface area contributed by atoms with E-state index in [1.807, 2.05) is 102 Å². The average Bonchev–Trinajstić information content (AvgIpc) is 3.70. The monoisotopic (exact) mass is 854 g/mol. The molecule has 1 N–H and O–H groups in total. The van der Waals surface area contributed by atoms with Crippen molar-refractivity contribution in [3.05, 3.63) is 93.3 Å². The molecule has 0 fully saturated rings. The molecular formula is C43H52Cl2N4O6S2. The Kier molecular flexibility index (Phi) is 16.8. The molecule has 2 aromatic carbocycles. The Balaban J connectivity index is 0.000000261. The van der Waals surface area contributed by atoms with E-state index in [9.17, 15) is 24.3 Å². The van der Waals surface area contributed by atoms with Gasteiger partial charge in [0.1, 0.15) is 21.5 Å². The highest BCUT2D eigenvalue weighted by atomic mass is 35.5. The van der Waals surface area contributed by atoms with Gasteiger partial charge >= 0.3 is 11.5 Å². The number of hydrogen-bond donors (Lipinski definition) is 1. The van der Waals surface area contributed by atoms with Gasteiger partial charge in [-0.2, -0.15) is 0 Å². The molecule has 6 rings (SSSR count). The maximum absolute atomic E-state index is 13.0. The SMILES string of the molecule is CCl.CN(C)C(=O)Cl.Cc1sc(-c2ccccc2)nc1C1=C(O)CC(C)(C)CC1=O.Cc1sc(-c2ccccc2)nc1C1=C(OC(=O)N(C)C)CC(C)(C)CC1=O. The summed E-state index contributed by atoms with van der Waals surface area (Å²) in [6, 6.07) is 19.8. The number of ketones is 2. The zero-order valence-electron chi connectivity index (χ0n) is 34.5. The summed E-state index contributed by atoms with van der Waals surface area (Å²) in [5.41, 5.74) is 3.72. The third-order valence-electron chi connectivity index (χ3n) is 8.72. The largest absolute Gasteiger partial charge is 0.511 e. The number of alkyl halides is 1. The van der Waals surface area contributed by atoms with Crippen LogP contribution in [-0.2, 0) is 14.3 Å². The number of amides is 2. The van der Waals surface area contributed by atoms with Crippen molar-refractivity contribution < 1.29 is 29.0 Å². The lowest BCUT2D eigenvalue weighted by Crippen LogP contribution is -2.30. The van der Waals surface area contributed by atoms with Gasteiger partial charge in [-0.1, -0.05) is 88.4 Å². The van der Waals surface area contributed by atoms with Crippen LogP contribution in [-0.4, -0.2) is 82.5 Å². The van der Waals surface area contributed by atoms with Crippen LogP contribution < -0.4 is 0 Å². The fraction of sp³-hybridized carbons (Fsp3) is 0.395. The molecule has 57 heavy (non-hydrogen) atoms. The number of aliphatic hydroxyl groups excluding tert-OH is 1. The number of aryl methyl sites for hydroxylation is 2. The van der Waals surface area contributed by atoms with E-state index in [4.69, 9.17) is 21.3 Å². The smallest absolute Gasteiger partial charge is 0.414 e. The van der Waals surface area contributed by atoms with Crippen LogP contribution in [0.3, 0.4) is 0 Å². The van der Waals surface area contributed by atoms with Crippen LogP contribution in [0, 0.1) is 24.7 Å². The molecule has 2 aromatic heterocycles. The van der Waals surface area contributed by atoms with E-state index >= 15 is 0 Å². The number of allylic oxidation sites excluding steroid dienone is 4. The van der Waals surface area contributed by atoms with E-state index < -0.39 is 11.5 Å². The zero-order chi connectivity index (χ0) is 42.8. The van der Waals surface area contributed by atoms with Crippen molar-refractivity contribution in [3.8, 4) is 21.1 Å². The predicted molar refractivity (Wildman–Crippen MR) is 234 cm³/mol. The first-order valence-electron chi connectivity index (χ1n) is 18.1. The Labute approximate surface area is 354 Å². The number of thiazole rings is 2. The van der Waals surface area contributed by atoms with Gasteiger partial charge in [-0.15, -0.1) is 34.3 Å². The molecule has 0 spiro atoms. The normalized spacial score (nSPS) is 15.6. The third kappa shape index (κ3) is 12.8. The van der Waals surface area contributed by atoms with Crippen molar-refractivity contribution in [1.29, 1.82) is 0 Å². The molecule has 10 nitrogen and oxygen atoms in total. The molecule has 2 heterocycles. The first kappa shape index (κ1) is 47.0. The number of rotatable bonds is 5. The Bertz CT molecular complexity index is 2120. The molecule has 0 aliphatic heterocycles. The number of aliphatic hydroxyl groups is 1. The van der Waals surface area contributed by atoms with E-state index in [1.165, 1.54) is 16.2 Å². The van der Waals surface area contributed by atoms with Crippen LogP contribution in [0.25, 0.3) is 32.3 Å². The standard InChI is InChI=1S/C21H24N2O3S.C18H19NO2S.C3H6ClNO.CH3Cl/c1-13-18(22-19(27-13)14-9-7-6-8-10-14)17-15(24)11-21(2,3)12-16(17)26-20(25)23(4)5;1-11-16(15-13(20)9-18(2,3)10-14(15)21)19-17(22-11)12-7-5-4-6-8-12;1-5(2)3(4)6;1-2/h6-10H,11-12H2,1-5H3;4-8,20H,9-10H2,1-3H3;1-2H3;1H3. The molecule has 2 aliphatic rings. The molecule has 0 atom stereocenters. The van der Waals surface area contributed by atoms with Gasteiger partial charge in [0.15, 0.2) is 11.6 Å². The summed E-state index contributed by atoms with van der Waals surface area (Å²) in [5.74, 6) is 0.555. The summed E-state index contributed by atoms with van der Waals surface area (Å²) in [6.07, 6.45) is 2.88. The highest BCUT2D eigenvalue weighted by Gasteiger charge is 2.38. The summed E-state index contributed by atoms with van der Waals surface area (Å²) >= 11 is 12.6. The minimum atomic E-state index is -0.482. The molecule has 2 aliphatic carbocycles. The van der Waals surface area contributed by atoms with E-state index in [1.54, 1.807) is 50.9 Å². The Morgan fingerprint density at radius 1 is 0.684 bits per heavy atom. The molecule has 4 aromatic rings. The molecular weight excluding hydrogens is 804 g/mol. The number of benzene rings is 2. The summed E-state index contributed by atoms with van der Waals surface area (Å²) in [4.78, 5) is 61.4. The minimum absolute atomic E-state index is 0.0123. The van der Waals surface area contributed by atoms with Gasteiger partial charge < -0.3 is 19.6 Å². The third-order valence-corrected chi connectivity index (χ3v) is 11.1. The molecule has 0 saturated heterocycles. The van der Waals surface area contributed by atoms with Crippen molar-refractivity contribution in [2.24, 2.45) is 10.8 Å². The maximum Gasteiger partial charge on any atom is 0.414 e. The molecule has 0 radical (unpaired) electrons. The molecule has 0 bridgehead atoms. The van der Waals surface area contributed by atoms with Gasteiger partial charge in [-0.3, -0.25) is 14.4 Å². The van der Waals surface area contributed by atoms with Crippen LogP contribution in [0.1, 0.15) is 74.5 Å². The van der Waals surface area contributed by atoms with Crippen molar-refractivity contribution in [2.45, 2.75) is 67.2 Å². The number of carbonyl (C=O) groups is 4. The van der Waals surface area contributed by atoms with Crippen LogP contribution in [0.5, 0.6) is 0 Å². The zero-order valence-corrected chi connectivity index (χ0v) is 37.6. The molecule has 0 saturated carbocycles. The molecule has 306 valence electrons. The number of ether oxygens (including phenoxy) is 1. The van der Waals surface area contributed by atoms with Gasteiger partial charge in [0.05, 0.1) is 22.5 Å². The van der Waals surface area contributed by atoms with Gasteiger partial charge in [0.25, 0.3) is 0 Å². The number of carbonyl (C=O) groups excluding carboxylic acids is 4. The summed E-state index contributed by atoms with van der Waals surface area (Å²) in [7, 11) is 6.44. The van der Waals surface area contributed by atoms with Crippen molar-refractivity contribution in [1.82, 2.24) is 19.8 Å².